The Morgan fingerprint density at radius 1 is 1.10 bits per heavy atom. The summed E-state index contributed by atoms with van der Waals surface area (Å²) in [5, 5.41) is 0.770. The molecule has 0 aliphatic carbocycles. The van der Waals surface area contributed by atoms with Crippen molar-refractivity contribution >= 4 is 55.9 Å². The lowest BCUT2D eigenvalue weighted by atomic mass is 9.83. The maximum Gasteiger partial charge on any atom is 0.330 e. The van der Waals surface area contributed by atoms with Gasteiger partial charge in [-0.05, 0) is 36.8 Å². The molecule has 0 unspecified atom stereocenters. The summed E-state index contributed by atoms with van der Waals surface area (Å²) < 4.78 is 7.72. The molecule has 0 atom stereocenters. The molecular formula is C23H22BrN3O2S2. The number of anilines is 2. The highest BCUT2D eigenvalue weighted by molar-refractivity contribution is 9.10. The molecule has 5 rings (SSSR count). The second-order valence-electron chi connectivity index (χ2n) is 8.07. The number of benzene rings is 2. The third-order valence-corrected chi connectivity index (χ3v) is 8.73. The van der Waals surface area contributed by atoms with Crippen LogP contribution in [0.25, 0.3) is 0 Å². The summed E-state index contributed by atoms with van der Waals surface area (Å²) >= 11 is 6.86. The average Bonchev–Trinajstić information content (AvgIpc) is 3.13. The average molecular weight is 516 g/mol. The van der Waals surface area contributed by atoms with Gasteiger partial charge >= 0.3 is 6.03 Å². The first-order chi connectivity index (χ1) is 15.0. The van der Waals surface area contributed by atoms with Gasteiger partial charge in [-0.3, -0.25) is 9.80 Å². The topological polar surface area (TPSA) is 45.7 Å². The minimum atomic E-state index is -0.0437. The van der Waals surface area contributed by atoms with E-state index in [0.717, 1.165) is 30.9 Å². The lowest BCUT2D eigenvalue weighted by Crippen LogP contribution is -2.65. The lowest BCUT2D eigenvalue weighted by molar-refractivity contribution is -0.103. The zero-order valence-corrected chi connectivity index (χ0v) is 20.3. The van der Waals surface area contributed by atoms with E-state index in [0.29, 0.717) is 26.3 Å². The molecule has 0 radical (unpaired) electrons. The van der Waals surface area contributed by atoms with Gasteiger partial charge in [0.05, 0.1) is 28.5 Å². The van der Waals surface area contributed by atoms with Crippen LogP contribution in [0.1, 0.15) is 11.3 Å². The molecule has 1 spiro atoms. The van der Waals surface area contributed by atoms with E-state index >= 15 is 0 Å². The van der Waals surface area contributed by atoms with Gasteiger partial charge in [-0.15, -0.1) is 11.8 Å². The van der Waals surface area contributed by atoms with Crippen molar-refractivity contribution in [2.45, 2.75) is 16.9 Å². The molecule has 2 amide bonds. The predicted molar refractivity (Wildman–Crippen MR) is 130 cm³/mol. The summed E-state index contributed by atoms with van der Waals surface area (Å²) in [4.78, 5) is 22.0. The highest BCUT2D eigenvalue weighted by Gasteiger charge is 2.49. The molecule has 8 heteroatoms. The number of carbonyl (C=O) groups excluding carboxylic acids is 1. The van der Waals surface area contributed by atoms with Crippen molar-refractivity contribution in [2.75, 3.05) is 36.1 Å². The molecule has 31 heavy (non-hydrogen) atoms. The van der Waals surface area contributed by atoms with Gasteiger partial charge in [0, 0.05) is 29.0 Å². The summed E-state index contributed by atoms with van der Waals surface area (Å²) in [6.07, 6.45) is 0. The minimum Gasteiger partial charge on any atom is -0.380 e. The molecule has 3 heterocycles. The Balaban J connectivity index is 1.40. The van der Waals surface area contributed by atoms with Gasteiger partial charge in [0.2, 0.25) is 0 Å². The Labute approximate surface area is 198 Å². The molecule has 3 aromatic rings. The standard InChI is InChI=1S/C23H22BrN3O2S2/c1-16-20(30-11-17-5-3-2-4-6-17)31-21(25-16)27-13-23(14-29-15-23)12-26(22(27)28)19-9-7-18(24)8-10-19/h2-10H,11-15H2,1H3. The Morgan fingerprint density at radius 3 is 2.48 bits per heavy atom. The summed E-state index contributed by atoms with van der Waals surface area (Å²) in [6, 6.07) is 18.3. The second-order valence-corrected chi connectivity index (χ2v) is 11.2. The van der Waals surface area contributed by atoms with E-state index in [2.05, 4.69) is 40.2 Å². The van der Waals surface area contributed by atoms with E-state index in [-0.39, 0.29) is 11.4 Å². The number of hydrogen-bond acceptors (Lipinski definition) is 5. The SMILES string of the molecule is Cc1nc(N2CC3(COC3)CN(c3ccc(Br)cc3)C2=O)sc1SCc1ccccc1. The maximum atomic E-state index is 13.5. The largest absolute Gasteiger partial charge is 0.380 e. The van der Waals surface area contributed by atoms with Gasteiger partial charge in [-0.1, -0.05) is 57.6 Å². The second kappa shape index (κ2) is 8.58. The maximum absolute atomic E-state index is 13.5. The van der Waals surface area contributed by atoms with Crippen LogP contribution in [-0.2, 0) is 10.5 Å². The molecule has 5 nitrogen and oxygen atoms in total. The highest BCUT2D eigenvalue weighted by atomic mass is 79.9. The van der Waals surface area contributed by atoms with Crippen molar-refractivity contribution in [3.05, 3.63) is 70.3 Å². The number of urea groups is 1. The zero-order valence-electron chi connectivity index (χ0n) is 17.1. The first kappa shape index (κ1) is 21.0. The van der Waals surface area contributed by atoms with Crippen LogP contribution in [0.5, 0.6) is 0 Å². The predicted octanol–water partition coefficient (Wildman–Crippen LogP) is 5.97. The molecule has 0 saturated carbocycles. The number of thioether (sulfide) groups is 1. The van der Waals surface area contributed by atoms with E-state index < -0.39 is 0 Å². The molecule has 2 aliphatic heterocycles. The molecule has 1 aromatic heterocycles. The van der Waals surface area contributed by atoms with Gasteiger partial charge in [0.1, 0.15) is 0 Å². The van der Waals surface area contributed by atoms with Crippen molar-refractivity contribution < 1.29 is 9.53 Å². The van der Waals surface area contributed by atoms with E-state index in [4.69, 9.17) is 9.72 Å². The van der Waals surface area contributed by atoms with Gasteiger partial charge in [-0.25, -0.2) is 9.78 Å². The van der Waals surface area contributed by atoms with Gasteiger partial charge in [0.25, 0.3) is 0 Å². The van der Waals surface area contributed by atoms with Crippen molar-refractivity contribution in [3.8, 4) is 0 Å². The van der Waals surface area contributed by atoms with E-state index in [1.165, 1.54) is 5.56 Å². The van der Waals surface area contributed by atoms with Gasteiger partial charge in [0.15, 0.2) is 5.13 Å². The number of carbonyl (C=O) groups is 1. The smallest absolute Gasteiger partial charge is 0.330 e. The molecule has 2 aromatic carbocycles. The summed E-state index contributed by atoms with van der Waals surface area (Å²) in [6.45, 7) is 4.68. The van der Waals surface area contributed by atoms with E-state index in [1.807, 2.05) is 47.1 Å². The summed E-state index contributed by atoms with van der Waals surface area (Å²) in [7, 11) is 0. The summed E-state index contributed by atoms with van der Waals surface area (Å²) in [5.74, 6) is 0.889. The Bertz CT molecular complexity index is 1080. The third kappa shape index (κ3) is 4.26. The number of nitrogens with zero attached hydrogens (tertiary/aromatic N) is 3. The first-order valence-corrected chi connectivity index (χ1v) is 12.7. The van der Waals surface area contributed by atoms with Gasteiger partial charge < -0.3 is 4.74 Å². The fourth-order valence-corrected chi connectivity index (χ4v) is 6.33. The highest BCUT2D eigenvalue weighted by Crippen LogP contribution is 2.41. The number of ether oxygens (including phenoxy) is 1. The first-order valence-electron chi connectivity index (χ1n) is 10.1. The molecule has 0 N–H and O–H groups in total. The number of rotatable bonds is 5. The number of aryl methyl sites for hydroxylation is 1. The molecular weight excluding hydrogens is 494 g/mol. The number of thiazole rings is 1. The van der Waals surface area contributed by atoms with Crippen LogP contribution in [0, 0.1) is 12.3 Å². The van der Waals surface area contributed by atoms with Crippen LogP contribution in [-0.4, -0.2) is 37.3 Å². The molecule has 160 valence electrons. The molecule has 2 aliphatic rings. The van der Waals surface area contributed by atoms with Crippen LogP contribution in [0.3, 0.4) is 0 Å². The fraction of sp³-hybridized carbons (Fsp3) is 0.304. The molecule has 2 fully saturated rings. The summed E-state index contributed by atoms with van der Waals surface area (Å²) in [5.41, 5.74) is 3.12. The van der Waals surface area contributed by atoms with Crippen molar-refractivity contribution in [2.24, 2.45) is 5.41 Å². The Hall–Kier alpha value is -1.87. The van der Waals surface area contributed by atoms with Crippen molar-refractivity contribution in [1.82, 2.24) is 4.98 Å². The number of halogens is 1. The minimum absolute atomic E-state index is 0.0202. The van der Waals surface area contributed by atoms with Crippen molar-refractivity contribution in [1.29, 1.82) is 0 Å². The number of amides is 2. The monoisotopic (exact) mass is 515 g/mol. The fourth-order valence-electron chi connectivity index (χ4n) is 3.89. The third-order valence-electron chi connectivity index (χ3n) is 5.59. The van der Waals surface area contributed by atoms with Crippen LogP contribution in [0.2, 0.25) is 0 Å². The lowest BCUT2D eigenvalue weighted by Gasteiger charge is -2.51. The quantitative estimate of drug-likeness (QED) is 0.392. The van der Waals surface area contributed by atoms with E-state index in [9.17, 15) is 4.79 Å². The normalized spacial score (nSPS) is 17.8. The van der Waals surface area contributed by atoms with Crippen LogP contribution >= 0.6 is 39.0 Å². The molecule has 2 saturated heterocycles. The van der Waals surface area contributed by atoms with Gasteiger partial charge in [-0.2, -0.15) is 0 Å². The van der Waals surface area contributed by atoms with Crippen LogP contribution in [0.4, 0.5) is 15.6 Å². The Kier molecular flexibility index (Phi) is 5.81. The Morgan fingerprint density at radius 2 is 1.81 bits per heavy atom. The van der Waals surface area contributed by atoms with E-state index in [1.54, 1.807) is 23.1 Å². The zero-order chi connectivity index (χ0) is 21.4. The number of hydrogen-bond donors (Lipinski definition) is 0. The number of aromatic nitrogens is 1. The molecule has 0 bridgehead atoms. The van der Waals surface area contributed by atoms with Crippen molar-refractivity contribution in [3.63, 3.8) is 0 Å². The van der Waals surface area contributed by atoms with Crippen LogP contribution in [0.15, 0.2) is 63.3 Å². The van der Waals surface area contributed by atoms with Crippen LogP contribution < -0.4 is 9.80 Å².